The van der Waals surface area contributed by atoms with E-state index in [1.807, 2.05) is 0 Å². The number of fused-ring (bicyclic) bond motifs is 3. The van der Waals surface area contributed by atoms with Crippen molar-refractivity contribution in [3.05, 3.63) is 35.5 Å². The van der Waals surface area contributed by atoms with Gasteiger partial charge in [-0.3, -0.25) is 0 Å². The molecule has 16 heavy (non-hydrogen) atoms. The third-order valence-electron chi connectivity index (χ3n) is 4.08. The first-order chi connectivity index (χ1) is 7.75. The lowest BCUT2D eigenvalue weighted by Gasteiger charge is -2.25. The minimum absolute atomic E-state index is 0.805. The van der Waals surface area contributed by atoms with Crippen LogP contribution in [0, 0.1) is 11.8 Å². The number of aryl methyl sites for hydroxylation is 1. The number of para-hydroxylation sites is 1. The van der Waals surface area contributed by atoms with E-state index in [2.05, 4.69) is 43.1 Å². The van der Waals surface area contributed by atoms with Crippen LogP contribution in [0.3, 0.4) is 0 Å². The van der Waals surface area contributed by atoms with Crippen molar-refractivity contribution >= 4 is 10.9 Å². The third-order valence-corrected chi connectivity index (χ3v) is 4.08. The predicted octanol–water partition coefficient (Wildman–Crippen LogP) is 3.93. The zero-order chi connectivity index (χ0) is 11.1. The van der Waals surface area contributed by atoms with Crippen LogP contribution in [0.5, 0.6) is 0 Å². The number of aromatic amines is 1. The van der Waals surface area contributed by atoms with E-state index in [-0.39, 0.29) is 0 Å². The van der Waals surface area contributed by atoms with Crippen molar-refractivity contribution in [2.75, 3.05) is 0 Å². The lowest BCUT2D eigenvalue weighted by Crippen LogP contribution is -2.18. The number of aromatic nitrogens is 1. The molecule has 0 aliphatic heterocycles. The van der Waals surface area contributed by atoms with Crippen LogP contribution in [0.2, 0.25) is 0 Å². The molecule has 1 nitrogen and oxygen atoms in total. The quantitative estimate of drug-likeness (QED) is 0.738. The van der Waals surface area contributed by atoms with E-state index >= 15 is 0 Å². The summed E-state index contributed by atoms with van der Waals surface area (Å²) in [6.45, 7) is 4.69. The first-order valence-corrected chi connectivity index (χ1v) is 6.34. The first kappa shape index (κ1) is 9.95. The molecule has 1 heteroatoms. The summed E-state index contributed by atoms with van der Waals surface area (Å²) in [5, 5.41) is 1.44. The maximum Gasteiger partial charge on any atom is 0.0458 e. The molecule has 1 aromatic heterocycles. The van der Waals surface area contributed by atoms with Gasteiger partial charge < -0.3 is 4.98 Å². The average molecular weight is 213 g/mol. The van der Waals surface area contributed by atoms with Gasteiger partial charge in [-0.15, -0.1) is 0 Å². The van der Waals surface area contributed by atoms with E-state index in [9.17, 15) is 0 Å². The number of nitrogens with one attached hydrogen (secondary N) is 1. The Morgan fingerprint density at radius 1 is 1.25 bits per heavy atom. The smallest absolute Gasteiger partial charge is 0.0458 e. The second kappa shape index (κ2) is 3.65. The van der Waals surface area contributed by atoms with Gasteiger partial charge in [-0.1, -0.05) is 32.0 Å². The molecule has 1 atom stereocenters. The van der Waals surface area contributed by atoms with Gasteiger partial charge in [0.15, 0.2) is 0 Å². The highest BCUT2D eigenvalue weighted by molar-refractivity contribution is 5.84. The molecule has 84 valence electrons. The molecule has 3 rings (SSSR count). The van der Waals surface area contributed by atoms with Crippen LogP contribution in [-0.2, 0) is 12.8 Å². The van der Waals surface area contributed by atoms with E-state index < -0.39 is 0 Å². The molecule has 1 N–H and O–H groups in total. The number of hydrogen-bond donors (Lipinski definition) is 1. The Bertz CT molecular complexity index is 507. The Kier molecular flexibility index (Phi) is 2.27. The molecule has 1 aliphatic rings. The van der Waals surface area contributed by atoms with Gasteiger partial charge >= 0.3 is 0 Å². The van der Waals surface area contributed by atoms with Crippen molar-refractivity contribution in [2.45, 2.75) is 33.1 Å². The van der Waals surface area contributed by atoms with E-state index in [4.69, 9.17) is 0 Å². The Balaban J connectivity index is 2.06. The normalized spacial score (nSPS) is 20.3. The van der Waals surface area contributed by atoms with Gasteiger partial charge in [-0.05, 0) is 42.7 Å². The molecule has 0 bridgehead atoms. The Morgan fingerprint density at radius 3 is 2.88 bits per heavy atom. The highest BCUT2D eigenvalue weighted by Crippen LogP contribution is 2.34. The fraction of sp³-hybridized carbons (Fsp3) is 0.467. The summed E-state index contributed by atoms with van der Waals surface area (Å²) in [6, 6.07) is 8.70. The van der Waals surface area contributed by atoms with E-state index in [1.54, 1.807) is 5.56 Å². The first-order valence-electron chi connectivity index (χ1n) is 6.34. The van der Waals surface area contributed by atoms with Gasteiger partial charge in [0.1, 0.15) is 0 Å². The van der Waals surface area contributed by atoms with Crippen LogP contribution in [-0.4, -0.2) is 4.98 Å². The van der Waals surface area contributed by atoms with E-state index in [0.29, 0.717) is 0 Å². The SMILES string of the molecule is CC(C)C1CCc2c([nH]c3ccccc23)C1. The monoisotopic (exact) mass is 213 g/mol. The minimum atomic E-state index is 0.805. The summed E-state index contributed by atoms with van der Waals surface area (Å²) in [6.07, 6.45) is 3.84. The van der Waals surface area contributed by atoms with E-state index in [0.717, 1.165) is 11.8 Å². The summed E-state index contributed by atoms with van der Waals surface area (Å²) in [4.78, 5) is 3.60. The van der Waals surface area contributed by atoms with Crippen LogP contribution < -0.4 is 0 Å². The van der Waals surface area contributed by atoms with Crippen LogP contribution in [0.4, 0.5) is 0 Å². The Morgan fingerprint density at radius 2 is 2.06 bits per heavy atom. The summed E-state index contributed by atoms with van der Waals surface area (Å²) in [7, 11) is 0. The molecule has 2 aromatic rings. The lowest BCUT2D eigenvalue weighted by atomic mass is 9.80. The Labute approximate surface area is 96.9 Å². The standard InChI is InChI=1S/C15H19N/c1-10(2)11-7-8-13-12-5-3-4-6-14(12)16-15(13)9-11/h3-6,10-11,16H,7-9H2,1-2H3. The molecule has 0 saturated carbocycles. The molecule has 1 aromatic carbocycles. The minimum Gasteiger partial charge on any atom is -0.358 e. The molecule has 1 heterocycles. The highest BCUT2D eigenvalue weighted by atomic mass is 14.7. The molecule has 0 saturated heterocycles. The van der Waals surface area contributed by atoms with Crippen molar-refractivity contribution in [3.8, 4) is 0 Å². The van der Waals surface area contributed by atoms with Crippen LogP contribution in [0.25, 0.3) is 10.9 Å². The fourth-order valence-electron chi connectivity index (χ4n) is 2.98. The third kappa shape index (κ3) is 1.46. The molecule has 1 unspecified atom stereocenters. The predicted molar refractivity (Wildman–Crippen MR) is 68.7 cm³/mol. The second-order valence-corrected chi connectivity index (χ2v) is 5.37. The van der Waals surface area contributed by atoms with Crippen molar-refractivity contribution in [3.63, 3.8) is 0 Å². The number of hydrogen-bond acceptors (Lipinski definition) is 0. The van der Waals surface area contributed by atoms with Gasteiger partial charge in [0, 0.05) is 16.6 Å². The molecular formula is C15H19N. The molecule has 0 amide bonds. The summed E-state index contributed by atoms with van der Waals surface area (Å²) < 4.78 is 0. The van der Waals surface area contributed by atoms with E-state index in [1.165, 1.54) is 35.9 Å². The average Bonchev–Trinajstić information content (AvgIpc) is 2.66. The van der Waals surface area contributed by atoms with Gasteiger partial charge in [-0.25, -0.2) is 0 Å². The number of H-pyrrole nitrogens is 1. The van der Waals surface area contributed by atoms with Crippen molar-refractivity contribution in [1.82, 2.24) is 4.98 Å². The lowest BCUT2D eigenvalue weighted by molar-refractivity contribution is 0.341. The molecule has 0 spiro atoms. The molecular weight excluding hydrogens is 194 g/mol. The van der Waals surface area contributed by atoms with Crippen LogP contribution in [0.1, 0.15) is 31.5 Å². The van der Waals surface area contributed by atoms with Gasteiger partial charge in [-0.2, -0.15) is 0 Å². The van der Waals surface area contributed by atoms with Gasteiger partial charge in [0.25, 0.3) is 0 Å². The topological polar surface area (TPSA) is 15.8 Å². The number of benzene rings is 1. The molecule has 0 radical (unpaired) electrons. The maximum atomic E-state index is 3.60. The summed E-state index contributed by atoms with van der Waals surface area (Å²) in [5.41, 5.74) is 4.38. The fourth-order valence-corrected chi connectivity index (χ4v) is 2.98. The summed E-state index contributed by atoms with van der Waals surface area (Å²) in [5.74, 6) is 1.67. The number of rotatable bonds is 1. The van der Waals surface area contributed by atoms with Crippen LogP contribution >= 0.6 is 0 Å². The molecule has 1 aliphatic carbocycles. The van der Waals surface area contributed by atoms with Gasteiger partial charge in [0.05, 0.1) is 0 Å². The van der Waals surface area contributed by atoms with Crippen molar-refractivity contribution < 1.29 is 0 Å². The second-order valence-electron chi connectivity index (χ2n) is 5.37. The zero-order valence-electron chi connectivity index (χ0n) is 10.1. The van der Waals surface area contributed by atoms with Crippen molar-refractivity contribution in [1.29, 1.82) is 0 Å². The molecule has 0 fully saturated rings. The highest BCUT2D eigenvalue weighted by Gasteiger charge is 2.23. The van der Waals surface area contributed by atoms with Crippen molar-refractivity contribution in [2.24, 2.45) is 11.8 Å². The largest absolute Gasteiger partial charge is 0.358 e. The maximum absolute atomic E-state index is 3.60. The summed E-state index contributed by atoms with van der Waals surface area (Å²) >= 11 is 0. The Hall–Kier alpha value is -1.24. The van der Waals surface area contributed by atoms with Gasteiger partial charge in [0.2, 0.25) is 0 Å². The van der Waals surface area contributed by atoms with Crippen LogP contribution in [0.15, 0.2) is 24.3 Å². The zero-order valence-corrected chi connectivity index (χ0v) is 10.1.